The summed E-state index contributed by atoms with van der Waals surface area (Å²) < 4.78 is 39.8. The highest BCUT2D eigenvalue weighted by Gasteiger charge is 2.37. The lowest BCUT2D eigenvalue weighted by Gasteiger charge is -2.14. The maximum Gasteiger partial charge on any atom is 0.449 e. The van der Waals surface area contributed by atoms with E-state index in [9.17, 15) is 18.0 Å². The minimum atomic E-state index is -4.64. The van der Waals surface area contributed by atoms with Crippen molar-refractivity contribution in [2.75, 3.05) is 0 Å². The smallest absolute Gasteiger partial charge is 0.343 e. The highest BCUT2D eigenvalue weighted by Crippen LogP contribution is 2.28. The van der Waals surface area contributed by atoms with E-state index in [1.54, 1.807) is 6.92 Å². The number of fused-ring (bicyclic) bond motifs is 1. The number of hydrogen-bond acceptors (Lipinski definition) is 2. The SMILES string of the molecule is CCCCCn1c(C(F)(F)F)nc2[nH]c(C)cc2c1=O. The van der Waals surface area contributed by atoms with Gasteiger partial charge in [0.25, 0.3) is 5.56 Å². The van der Waals surface area contributed by atoms with Crippen LogP contribution in [0.3, 0.4) is 0 Å². The van der Waals surface area contributed by atoms with Gasteiger partial charge in [0.1, 0.15) is 5.65 Å². The van der Waals surface area contributed by atoms with Crippen molar-refractivity contribution < 1.29 is 13.2 Å². The van der Waals surface area contributed by atoms with Gasteiger partial charge in [-0.05, 0) is 19.4 Å². The van der Waals surface area contributed by atoms with Gasteiger partial charge in [0, 0.05) is 12.2 Å². The van der Waals surface area contributed by atoms with Crippen LogP contribution in [0.1, 0.15) is 37.7 Å². The maximum absolute atomic E-state index is 13.0. The van der Waals surface area contributed by atoms with Gasteiger partial charge in [-0.15, -0.1) is 0 Å². The number of aryl methyl sites for hydroxylation is 1. The molecule has 2 aromatic rings. The largest absolute Gasteiger partial charge is 0.449 e. The van der Waals surface area contributed by atoms with E-state index in [1.807, 2.05) is 6.92 Å². The Morgan fingerprint density at radius 3 is 2.65 bits per heavy atom. The van der Waals surface area contributed by atoms with Crippen LogP contribution in [-0.2, 0) is 12.7 Å². The zero-order valence-electron chi connectivity index (χ0n) is 11.3. The molecule has 0 atom stereocenters. The summed E-state index contributed by atoms with van der Waals surface area (Å²) in [5, 5.41) is 0.201. The van der Waals surface area contributed by atoms with Gasteiger partial charge >= 0.3 is 6.18 Å². The zero-order chi connectivity index (χ0) is 14.9. The van der Waals surface area contributed by atoms with Gasteiger partial charge in [-0.3, -0.25) is 9.36 Å². The second-order valence-corrected chi connectivity index (χ2v) is 4.81. The standard InChI is InChI=1S/C13H16F3N3O/c1-3-4-5-6-19-11(20)9-7-8(2)17-10(9)18-12(19)13(14,15)16/h7,17H,3-6H2,1-2H3. The molecule has 2 heterocycles. The molecule has 0 amide bonds. The Kier molecular flexibility index (Phi) is 3.87. The lowest BCUT2D eigenvalue weighted by molar-refractivity contribution is -0.148. The summed E-state index contributed by atoms with van der Waals surface area (Å²) in [5.41, 5.74) is -0.0293. The van der Waals surface area contributed by atoms with Crippen molar-refractivity contribution in [3.8, 4) is 0 Å². The predicted octanol–water partition coefficient (Wildman–Crippen LogP) is 3.24. The molecule has 0 spiro atoms. The van der Waals surface area contributed by atoms with Crippen LogP contribution in [0.2, 0.25) is 0 Å². The fourth-order valence-corrected chi connectivity index (χ4v) is 2.18. The molecule has 2 rings (SSSR count). The summed E-state index contributed by atoms with van der Waals surface area (Å²) in [6.45, 7) is 3.66. The average Bonchev–Trinajstić information content (AvgIpc) is 2.72. The fraction of sp³-hybridized carbons (Fsp3) is 0.538. The number of rotatable bonds is 4. The first-order valence-corrected chi connectivity index (χ1v) is 6.52. The number of aromatic amines is 1. The molecule has 4 nitrogen and oxygen atoms in total. The molecule has 1 N–H and O–H groups in total. The average molecular weight is 287 g/mol. The summed E-state index contributed by atoms with van der Waals surface area (Å²) in [7, 11) is 0. The summed E-state index contributed by atoms with van der Waals surface area (Å²) in [6.07, 6.45) is -2.47. The number of halogens is 3. The van der Waals surface area contributed by atoms with Gasteiger partial charge in [-0.1, -0.05) is 19.8 Å². The first-order valence-electron chi connectivity index (χ1n) is 6.52. The molecule has 110 valence electrons. The Balaban J connectivity index is 2.61. The van der Waals surface area contributed by atoms with Gasteiger partial charge in [-0.2, -0.15) is 13.2 Å². The Hall–Kier alpha value is -1.79. The third kappa shape index (κ3) is 2.71. The second kappa shape index (κ2) is 5.30. The molecular weight excluding hydrogens is 271 g/mol. The van der Waals surface area contributed by atoms with Gasteiger partial charge in [0.15, 0.2) is 0 Å². The molecule has 7 heteroatoms. The van der Waals surface area contributed by atoms with Crippen molar-refractivity contribution >= 4 is 11.0 Å². The van der Waals surface area contributed by atoms with E-state index >= 15 is 0 Å². The fourth-order valence-electron chi connectivity index (χ4n) is 2.18. The molecule has 0 saturated carbocycles. The Labute approximate surface area is 113 Å². The van der Waals surface area contributed by atoms with E-state index in [-0.39, 0.29) is 17.6 Å². The first-order chi connectivity index (χ1) is 9.34. The lowest BCUT2D eigenvalue weighted by atomic mass is 10.2. The molecule has 0 aliphatic carbocycles. The zero-order valence-corrected chi connectivity index (χ0v) is 11.3. The number of aromatic nitrogens is 3. The minimum absolute atomic E-state index is 0.00781. The summed E-state index contributed by atoms with van der Waals surface area (Å²) in [4.78, 5) is 18.5. The lowest BCUT2D eigenvalue weighted by Crippen LogP contribution is -2.29. The van der Waals surface area contributed by atoms with Crippen molar-refractivity contribution in [2.24, 2.45) is 0 Å². The van der Waals surface area contributed by atoms with E-state index in [4.69, 9.17) is 0 Å². The highest BCUT2D eigenvalue weighted by molar-refractivity contribution is 5.75. The van der Waals surface area contributed by atoms with Crippen LogP contribution in [0.5, 0.6) is 0 Å². The van der Waals surface area contributed by atoms with Crippen molar-refractivity contribution in [3.63, 3.8) is 0 Å². The third-order valence-corrected chi connectivity index (χ3v) is 3.12. The van der Waals surface area contributed by atoms with E-state index in [0.29, 0.717) is 12.1 Å². The molecule has 0 saturated heterocycles. The topological polar surface area (TPSA) is 50.7 Å². The van der Waals surface area contributed by atoms with Crippen LogP contribution in [0.25, 0.3) is 11.0 Å². The van der Waals surface area contributed by atoms with E-state index in [2.05, 4.69) is 9.97 Å². The summed E-state index contributed by atoms with van der Waals surface area (Å²) >= 11 is 0. The van der Waals surface area contributed by atoms with Crippen LogP contribution in [0.4, 0.5) is 13.2 Å². The number of alkyl halides is 3. The number of nitrogens with zero attached hydrogens (tertiary/aromatic N) is 2. The molecule has 0 unspecified atom stereocenters. The molecule has 2 aromatic heterocycles. The molecule has 0 aromatic carbocycles. The first kappa shape index (κ1) is 14.6. The normalized spacial score (nSPS) is 12.2. The Morgan fingerprint density at radius 1 is 1.35 bits per heavy atom. The van der Waals surface area contributed by atoms with Crippen molar-refractivity contribution in [1.29, 1.82) is 0 Å². The Morgan fingerprint density at radius 2 is 2.05 bits per heavy atom. The van der Waals surface area contributed by atoms with Gasteiger partial charge in [0.2, 0.25) is 5.82 Å². The molecule has 0 aliphatic rings. The van der Waals surface area contributed by atoms with Gasteiger partial charge < -0.3 is 4.98 Å². The van der Waals surface area contributed by atoms with Crippen molar-refractivity contribution in [2.45, 2.75) is 45.8 Å². The number of hydrogen-bond donors (Lipinski definition) is 1. The molecule has 0 fully saturated rings. The van der Waals surface area contributed by atoms with Crippen molar-refractivity contribution in [1.82, 2.24) is 14.5 Å². The van der Waals surface area contributed by atoms with Gasteiger partial charge in [-0.25, -0.2) is 4.98 Å². The van der Waals surface area contributed by atoms with E-state index < -0.39 is 17.6 Å². The van der Waals surface area contributed by atoms with Crippen molar-refractivity contribution in [3.05, 3.63) is 27.9 Å². The summed E-state index contributed by atoms with van der Waals surface area (Å²) in [6, 6.07) is 1.53. The number of nitrogens with one attached hydrogen (secondary N) is 1. The molecule has 0 radical (unpaired) electrons. The van der Waals surface area contributed by atoms with Crippen LogP contribution >= 0.6 is 0 Å². The quantitative estimate of drug-likeness (QED) is 0.878. The van der Waals surface area contributed by atoms with E-state index in [0.717, 1.165) is 17.4 Å². The number of unbranched alkanes of at least 4 members (excludes halogenated alkanes) is 2. The Bertz CT molecular complexity index is 670. The highest BCUT2D eigenvalue weighted by atomic mass is 19.4. The molecule has 0 bridgehead atoms. The van der Waals surface area contributed by atoms with Crippen LogP contribution in [0.15, 0.2) is 10.9 Å². The van der Waals surface area contributed by atoms with Crippen LogP contribution < -0.4 is 5.56 Å². The maximum atomic E-state index is 13.0. The molecule has 0 aliphatic heterocycles. The molecular formula is C13H16F3N3O. The third-order valence-electron chi connectivity index (χ3n) is 3.12. The minimum Gasteiger partial charge on any atom is -0.343 e. The summed E-state index contributed by atoms with van der Waals surface area (Å²) in [5.74, 6) is -1.13. The number of H-pyrrole nitrogens is 1. The van der Waals surface area contributed by atoms with E-state index in [1.165, 1.54) is 6.07 Å². The monoisotopic (exact) mass is 287 g/mol. The molecule has 20 heavy (non-hydrogen) atoms. The van der Waals surface area contributed by atoms with Crippen LogP contribution in [0, 0.1) is 6.92 Å². The van der Waals surface area contributed by atoms with Gasteiger partial charge in [0.05, 0.1) is 5.39 Å². The van der Waals surface area contributed by atoms with Crippen LogP contribution in [-0.4, -0.2) is 14.5 Å². The predicted molar refractivity (Wildman–Crippen MR) is 69.6 cm³/mol. The second-order valence-electron chi connectivity index (χ2n) is 4.81.